The Bertz CT molecular complexity index is 819. The SMILES string of the molecule is FC(F)(F)c1ccccc1CN(CCl)c1ncnc2ccsc12. The zero-order chi connectivity index (χ0) is 16.4. The predicted octanol–water partition coefficient (Wildman–Crippen LogP) is 4.91. The Hall–Kier alpha value is -1.86. The molecule has 0 aliphatic heterocycles. The summed E-state index contributed by atoms with van der Waals surface area (Å²) < 4.78 is 40.2. The van der Waals surface area contributed by atoms with Gasteiger partial charge in [-0.3, -0.25) is 0 Å². The van der Waals surface area contributed by atoms with Crippen molar-refractivity contribution in [3.05, 3.63) is 53.2 Å². The largest absolute Gasteiger partial charge is 0.416 e. The number of hydrogen-bond acceptors (Lipinski definition) is 4. The summed E-state index contributed by atoms with van der Waals surface area (Å²) >= 11 is 7.41. The molecule has 0 fully saturated rings. The fraction of sp³-hybridized carbons (Fsp3) is 0.200. The molecule has 23 heavy (non-hydrogen) atoms. The maximum Gasteiger partial charge on any atom is 0.416 e. The molecule has 0 unspecified atom stereocenters. The number of benzene rings is 1. The third-order valence-electron chi connectivity index (χ3n) is 3.35. The number of fused-ring (bicyclic) bond motifs is 1. The first-order chi connectivity index (χ1) is 11.0. The maximum atomic E-state index is 13.1. The van der Waals surface area contributed by atoms with E-state index < -0.39 is 11.7 Å². The molecule has 3 nitrogen and oxygen atoms in total. The lowest BCUT2D eigenvalue weighted by molar-refractivity contribution is -0.138. The van der Waals surface area contributed by atoms with Crippen molar-refractivity contribution in [1.29, 1.82) is 0 Å². The number of nitrogens with zero attached hydrogens (tertiary/aromatic N) is 3. The van der Waals surface area contributed by atoms with Crippen molar-refractivity contribution in [1.82, 2.24) is 9.97 Å². The van der Waals surface area contributed by atoms with Gasteiger partial charge in [-0.1, -0.05) is 18.2 Å². The minimum Gasteiger partial charge on any atom is -0.337 e. The van der Waals surface area contributed by atoms with Crippen LogP contribution in [0.15, 0.2) is 42.0 Å². The van der Waals surface area contributed by atoms with Gasteiger partial charge in [0.05, 0.1) is 21.8 Å². The Balaban J connectivity index is 2.00. The van der Waals surface area contributed by atoms with Crippen LogP contribution in [0.4, 0.5) is 19.0 Å². The zero-order valence-corrected chi connectivity index (χ0v) is 13.3. The Morgan fingerprint density at radius 2 is 1.91 bits per heavy atom. The maximum absolute atomic E-state index is 13.1. The van der Waals surface area contributed by atoms with Crippen molar-refractivity contribution < 1.29 is 13.2 Å². The van der Waals surface area contributed by atoms with Gasteiger partial charge in [0.15, 0.2) is 5.82 Å². The van der Waals surface area contributed by atoms with Crippen LogP contribution in [0.1, 0.15) is 11.1 Å². The summed E-state index contributed by atoms with van der Waals surface area (Å²) in [6.45, 7) is 0.0171. The Kier molecular flexibility index (Phi) is 4.41. The van der Waals surface area contributed by atoms with Crippen molar-refractivity contribution in [3.8, 4) is 0 Å². The van der Waals surface area contributed by atoms with Crippen molar-refractivity contribution >= 4 is 39.0 Å². The van der Waals surface area contributed by atoms with Crippen LogP contribution in [-0.2, 0) is 12.7 Å². The van der Waals surface area contributed by atoms with Gasteiger partial charge in [0, 0.05) is 6.54 Å². The summed E-state index contributed by atoms with van der Waals surface area (Å²) in [5.41, 5.74) is 0.245. The van der Waals surface area contributed by atoms with Crippen LogP contribution in [0.3, 0.4) is 0 Å². The fourth-order valence-corrected chi connectivity index (χ4v) is 3.37. The van der Waals surface area contributed by atoms with Gasteiger partial charge in [-0.15, -0.1) is 22.9 Å². The number of halogens is 4. The molecule has 0 aliphatic carbocycles. The molecule has 0 radical (unpaired) electrons. The zero-order valence-electron chi connectivity index (χ0n) is 11.7. The number of rotatable bonds is 4. The van der Waals surface area contributed by atoms with Gasteiger partial charge in [0.1, 0.15) is 6.33 Å². The quantitative estimate of drug-likeness (QED) is 0.490. The topological polar surface area (TPSA) is 29.0 Å². The second-order valence-electron chi connectivity index (χ2n) is 4.80. The molecule has 3 rings (SSSR count). The van der Waals surface area contributed by atoms with E-state index in [1.165, 1.54) is 29.8 Å². The highest BCUT2D eigenvalue weighted by molar-refractivity contribution is 7.17. The molecule has 0 atom stereocenters. The summed E-state index contributed by atoms with van der Waals surface area (Å²) in [6.07, 6.45) is -3.02. The molecular weight excluding hydrogens is 347 g/mol. The minimum absolute atomic E-state index is 0.0171. The Morgan fingerprint density at radius 3 is 2.65 bits per heavy atom. The molecule has 120 valence electrons. The molecule has 0 saturated heterocycles. The van der Waals surface area contributed by atoms with E-state index in [9.17, 15) is 13.2 Å². The van der Waals surface area contributed by atoms with E-state index in [0.29, 0.717) is 5.82 Å². The van der Waals surface area contributed by atoms with E-state index in [4.69, 9.17) is 11.6 Å². The highest BCUT2D eigenvalue weighted by Gasteiger charge is 2.33. The predicted molar refractivity (Wildman–Crippen MR) is 85.8 cm³/mol. The van der Waals surface area contributed by atoms with Crippen LogP contribution in [0.25, 0.3) is 10.2 Å². The van der Waals surface area contributed by atoms with Gasteiger partial charge >= 0.3 is 6.18 Å². The lowest BCUT2D eigenvalue weighted by atomic mass is 10.1. The first kappa shape index (κ1) is 16.0. The van der Waals surface area contributed by atoms with Crippen LogP contribution in [0, 0.1) is 0 Å². The number of aromatic nitrogens is 2. The second kappa shape index (κ2) is 6.33. The second-order valence-corrected chi connectivity index (χ2v) is 5.96. The average molecular weight is 358 g/mol. The molecule has 0 spiro atoms. The first-order valence-electron chi connectivity index (χ1n) is 6.65. The summed E-state index contributed by atoms with van der Waals surface area (Å²) in [5, 5.41) is 1.86. The Labute approximate surface area is 139 Å². The molecule has 2 aromatic heterocycles. The van der Waals surface area contributed by atoms with Crippen molar-refractivity contribution in [3.63, 3.8) is 0 Å². The van der Waals surface area contributed by atoms with E-state index in [1.54, 1.807) is 11.0 Å². The van der Waals surface area contributed by atoms with Crippen LogP contribution in [0.2, 0.25) is 0 Å². The van der Waals surface area contributed by atoms with Crippen molar-refractivity contribution in [2.75, 3.05) is 10.9 Å². The molecule has 8 heteroatoms. The summed E-state index contributed by atoms with van der Waals surface area (Å²) in [4.78, 5) is 9.93. The van der Waals surface area contributed by atoms with Gasteiger partial charge in [0.25, 0.3) is 0 Å². The van der Waals surface area contributed by atoms with Gasteiger partial charge < -0.3 is 4.90 Å². The van der Waals surface area contributed by atoms with Gasteiger partial charge in [-0.05, 0) is 23.1 Å². The van der Waals surface area contributed by atoms with Gasteiger partial charge in [0.2, 0.25) is 0 Å². The van der Waals surface area contributed by atoms with Crippen LogP contribution < -0.4 is 4.90 Å². The third kappa shape index (κ3) is 3.25. The van der Waals surface area contributed by atoms with Crippen LogP contribution >= 0.6 is 22.9 Å². The highest BCUT2D eigenvalue weighted by Crippen LogP contribution is 2.34. The fourth-order valence-electron chi connectivity index (χ4n) is 2.32. The van der Waals surface area contributed by atoms with E-state index in [-0.39, 0.29) is 18.1 Å². The molecule has 0 aliphatic rings. The summed E-state index contributed by atoms with van der Waals surface area (Å²) in [7, 11) is 0. The minimum atomic E-state index is -4.40. The van der Waals surface area contributed by atoms with Crippen molar-refractivity contribution in [2.24, 2.45) is 0 Å². The third-order valence-corrected chi connectivity index (χ3v) is 4.54. The summed E-state index contributed by atoms with van der Waals surface area (Å²) in [5.74, 6) is 0.539. The molecular formula is C15H11ClF3N3S. The Morgan fingerprint density at radius 1 is 1.13 bits per heavy atom. The monoisotopic (exact) mass is 357 g/mol. The standard InChI is InChI=1S/C15H11ClF3N3S/c16-8-22(14-13-12(5-6-23-13)20-9-21-14)7-10-3-1-2-4-11(10)15(17,18)19/h1-6,9H,7-8H2. The smallest absolute Gasteiger partial charge is 0.337 e. The van der Waals surface area contributed by atoms with E-state index >= 15 is 0 Å². The molecule has 0 N–H and O–H groups in total. The number of anilines is 1. The van der Waals surface area contributed by atoms with Gasteiger partial charge in [-0.2, -0.15) is 13.2 Å². The van der Waals surface area contributed by atoms with Crippen LogP contribution in [0.5, 0.6) is 0 Å². The molecule has 1 aromatic carbocycles. The molecule has 3 aromatic rings. The first-order valence-corrected chi connectivity index (χ1v) is 8.06. The molecule has 0 bridgehead atoms. The summed E-state index contributed by atoms with van der Waals surface area (Å²) in [6, 6.07) is 7.34. The van der Waals surface area contributed by atoms with E-state index in [2.05, 4.69) is 9.97 Å². The molecule has 2 heterocycles. The van der Waals surface area contributed by atoms with Gasteiger partial charge in [-0.25, -0.2) is 9.97 Å². The highest BCUT2D eigenvalue weighted by atomic mass is 35.5. The number of thiophene rings is 1. The lowest BCUT2D eigenvalue weighted by Crippen LogP contribution is -2.24. The van der Waals surface area contributed by atoms with Crippen LogP contribution in [-0.4, -0.2) is 16.0 Å². The van der Waals surface area contributed by atoms with E-state index in [1.807, 2.05) is 11.4 Å². The molecule has 0 amide bonds. The normalized spacial score (nSPS) is 11.8. The average Bonchev–Trinajstić information content (AvgIpc) is 3.00. The molecule has 0 saturated carbocycles. The van der Waals surface area contributed by atoms with Crippen molar-refractivity contribution in [2.45, 2.75) is 12.7 Å². The number of alkyl halides is 4. The number of hydrogen-bond donors (Lipinski definition) is 0. The lowest BCUT2D eigenvalue weighted by Gasteiger charge is -2.23. The van der Waals surface area contributed by atoms with E-state index in [0.717, 1.165) is 16.3 Å².